The number of anilines is 1. The van der Waals surface area contributed by atoms with Gasteiger partial charge in [-0.3, -0.25) is 13.9 Å². The van der Waals surface area contributed by atoms with Crippen LogP contribution in [0, 0.1) is 0 Å². The monoisotopic (exact) mass is 615 g/mol. The molecule has 0 aliphatic rings. The normalized spacial score (nSPS) is 12.1. The predicted molar refractivity (Wildman–Crippen MR) is 156 cm³/mol. The van der Waals surface area contributed by atoms with Crippen molar-refractivity contribution in [3.63, 3.8) is 0 Å². The summed E-state index contributed by atoms with van der Waals surface area (Å²) >= 11 is 3.33. The molecule has 0 fully saturated rings. The van der Waals surface area contributed by atoms with E-state index >= 15 is 0 Å². The van der Waals surface area contributed by atoms with E-state index < -0.39 is 28.5 Å². The van der Waals surface area contributed by atoms with Crippen molar-refractivity contribution >= 4 is 43.5 Å². The quantitative estimate of drug-likeness (QED) is 0.310. The minimum Gasteiger partial charge on any atom is -0.494 e. The largest absolute Gasteiger partial charge is 0.494 e. The second kappa shape index (κ2) is 13.6. The number of nitrogens with one attached hydrogen (secondary N) is 1. The molecular formula is C29H34BrN3O5S. The zero-order valence-electron chi connectivity index (χ0n) is 22.5. The highest BCUT2D eigenvalue weighted by Gasteiger charge is 2.32. The van der Waals surface area contributed by atoms with Crippen molar-refractivity contribution in [1.29, 1.82) is 0 Å². The molecule has 1 atom stereocenters. The van der Waals surface area contributed by atoms with Crippen molar-refractivity contribution in [3.05, 3.63) is 88.9 Å². The van der Waals surface area contributed by atoms with Gasteiger partial charge in [-0.2, -0.15) is 0 Å². The molecule has 0 aliphatic heterocycles. The maximum Gasteiger partial charge on any atom is 0.264 e. The third-order valence-electron chi connectivity index (χ3n) is 5.91. The molecule has 0 aromatic heterocycles. The summed E-state index contributed by atoms with van der Waals surface area (Å²) in [6.07, 6.45) is 0. The van der Waals surface area contributed by atoms with Gasteiger partial charge in [0.05, 0.1) is 17.2 Å². The maximum absolute atomic E-state index is 13.9. The number of carbonyl (C=O) groups excluding carboxylic acids is 2. The summed E-state index contributed by atoms with van der Waals surface area (Å²) in [4.78, 5) is 28.3. The highest BCUT2D eigenvalue weighted by Crippen LogP contribution is 2.27. The van der Waals surface area contributed by atoms with E-state index in [0.717, 1.165) is 14.3 Å². The van der Waals surface area contributed by atoms with Crippen molar-refractivity contribution in [2.24, 2.45) is 0 Å². The molecule has 1 N–H and O–H groups in total. The first-order valence-electron chi connectivity index (χ1n) is 12.7. The summed E-state index contributed by atoms with van der Waals surface area (Å²) in [5, 5.41) is 2.85. The van der Waals surface area contributed by atoms with Crippen LogP contribution >= 0.6 is 15.9 Å². The van der Waals surface area contributed by atoms with Crippen LogP contribution in [0.5, 0.6) is 5.75 Å². The molecule has 0 bridgehead atoms. The molecule has 0 aliphatic carbocycles. The first kappa shape index (κ1) is 30.2. The Morgan fingerprint density at radius 3 is 2.10 bits per heavy atom. The van der Waals surface area contributed by atoms with Crippen LogP contribution in [-0.4, -0.2) is 50.4 Å². The number of amides is 2. The molecule has 39 heavy (non-hydrogen) atoms. The second-order valence-corrected chi connectivity index (χ2v) is 12.0. The van der Waals surface area contributed by atoms with Crippen LogP contribution in [0.4, 0.5) is 5.69 Å². The van der Waals surface area contributed by atoms with Gasteiger partial charge in [0, 0.05) is 17.1 Å². The average Bonchev–Trinajstić information content (AvgIpc) is 2.91. The van der Waals surface area contributed by atoms with E-state index in [-0.39, 0.29) is 23.4 Å². The third kappa shape index (κ3) is 8.06. The van der Waals surface area contributed by atoms with Gasteiger partial charge in [-0.25, -0.2) is 8.42 Å². The van der Waals surface area contributed by atoms with Crippen LogP contribution in [0.2, 0.25) is 0 Å². The van der Waals surface area contributed by atoms with Crippen molar-refractivity contribution < 1.29 is 22.7 Å². The fourth-order valence-corrected chi connectivity index (χ4v) is 5.58. The molecule has 3 aromatic carbocycles. The van der Waals surface area contributed by atoms with E-state index in [2.05, 4.69) is 21.2 Å². The number of rotatable bonds is 12. The zero-order chi connectivity index (χ0) is 28.6. The third-order valence-corrected chi connectivity index (χ3v) is 8.23. The molecule has 0 spiro atoms. The lowest BCUT2D eigenvalue weighted by molar-refractivity contribution is -0.139. The number of ether oxygens (including phenoxy) is 1. The molecule has 2 amide bonds. The Hall–Kier alpha value is -3.37. The van der Waals surface area contributed by atoms with Crippen molar-refractivity contribution in [2.45, 2.75) is 51.2 Å². The number of nitrogens with zero attached hydrogens (tertiary/aromatic N) is 2. The van der Waals surface area contributed by atoms with Gasteiger partial charge in [-0.1, -0.05) is 46.3 Å². The number of carbonyl (C=O) groups is 2. The Labute approximate surface area is 239 Å². The Kier molecular flexibility index (Phi) is 10.5. The molecule has 0 unspecified atom stereocenters. The van der Waals surface area contributed by atoms with Gasteiger partial charge < -0.3 is 15.0 Å². The molecule has 3 rings (SSSR count). The van der Waals surface area contributed by atoms with E-state index in [0.29, 0.717) is 18.0 Å². The maximum atomic E-state index is 13.9. The van der Waals surface area contributed by atoms with E-state index in [1.165, 1.54) is 17.0 Å². The molecule has 0 radical (unpaired) electrons. The number of hydrogen-bond acceptors (Lipinski definition) is 5. The smallest absolute Gasteiger partial charge is 0.264 e. The predicted octanol–water partition coefficient (Wildman–Crippen LogP) is 4.99. The average molecular weight is 617 g/mol. The molecule has 0 saturated carbocycles. The van der Waals surface area contributed by atoms with Crippen LogP contribution in [-0.2, 0) is 26.2 Å². The minimum absolute atomic E-state index is 0.0348. The number of benzene rings is 3. The number of sulfonamides is 1. The van der Waals surface area contributed by atoms with Gasteiger partial charge in [0.25, 0.3) is 10.0 Å². The number of halogens is 1. The Bertz CT molecular complexity index is 1350. The van der Waals surface area contributed by atoms with E-state index in [1.807, 2.05) is 51.1 Å². The summed E-state index contributed by atoms with van der Waals surface area (Å²) < 4.78 is 35.0. The van der Waals surface area contributed by atoms with Gasteiger partial charge in [0.1, 0.15) is 18.3 Å². The van der Waals surface area contributed by atoms with Crippen molar-refractivity contribution in [3.8, 4) is 5.75 Å². The molecule has 10 heteroatoms. The zero-order valence-corrected chi connectivity index (χ0v) is 24.9. The SMILES string of the molecule is CCOc1ccc(N(CC(=O)N(Cc2ccccc2)[C@H](C)C(=O)NC(C)C)S(=O)(=O)c2ccc(Br)cc2)cc1. The summed E-state index contributed by atoms with van der Waals surface area (Å²) in [5.41, 5.74) is 1.12. The summed E-state index contributed by atoms with van der Waals surface area (Å²) in [6.45, 7) is 7.28. The van der Waals surface area contributed by atoms with Crippen LogP contribution in [0.15, 0.2) is 88.2 Å². The van der Waals surface area contributed by atoms with E-state index in [1.54, 1.807) is 43.3 Å². The van der Waals surface area contributed by atoms with Crippen LogP contribution in [0.3, 0.4) is 0 Å². The summed E-state index contributed by atoms with van der Waals surface area (Å²) in [6, 6.07) is 21.1. The molecule has 208 valence electrons. The van der Waals surface area contributed by atoms with Gasteiger partial charge in [0.2, 0.25) is 11.8 Å². The lowest BCUT2D eigenvalue weighted by atomic mass is 10.1. The lowest BCUT2D eigenvalue weighted by Gasteiger charge is -2.32. The first-order valence-corrected chi connectivity index (χ1v) is 14.9. The second-order valence-electron chi connectivity index (χ2n) is 9.24. The highest BCUT2D eigenvalue weighted by atomic mass is 79.9. The fourth-order valence-electron chi connectivity index (χ4n) is 3.91. The van der Waals surface area contributed by atoms with Crippen molar-refractivity contribution in [1.82, 2.24) is 10.2 Å². The Morgan fingerprint density at radius 2 is 1.54 bits per heavy atom. The minimum atomic E-state index is -4.14. The molecule has 8 nitrogen and oxygen atoms in total. The molecule has 0 heterocycles. The summed E-state index contributed by atoms with van der Waals surface area (Å²) in [7, 11) is -4.14. The van der Waals surface area contributed by atoms with Crippen LogP contribution in [0.1, 0.15) is 33.3 Å². The van der Waals surface area contributed by atoms with Gasteiger partial charge in [-0.15, -0.1) is 0 Å². The van der Waals surface area contributed by atoms with E-state index in [4.69, 9.17) is 4.74 Å². The molecule has 0 saturated heterocycles. The standard InChI is InChI=1S/C29H34BrN3O5S/c1-5-38-26-15-13-25(14-16-26)33(39(36,37)27-17-11-24(30)12-18-27)20-28(34)32(19-23-9-7-6-8-10-23)22(4)29(35)31-21(2)3/h6-18,21-22H,5,19-20H2,1-4H3,(H,31,35)/t22-/m1/s1. The van der Waals surface area contributed by atoms with E-state index in [9.17, 15) is 18.0 Å². The van der Waals surface area contributed by atoms with Crippen LogP contribution < -0.4 is 14.4 Å². The lowest BCUT2D eigenvalue weighted by Crippen LogP contribution is -2.52. The molecular weight excluding hydrogens is 582 g/mol. The van der Waals surface area contributed by atoms with Gasteiger partial charge >= 0.3 is 0 Å². The topological polar surface area (TPSA) is 96.0 Å². The number of hydrogen-bond donors (Lipinski definition) is 1. The van der Waals surface area contributed by atoms with Crippen LogP contribution in [0.25, 0.3) is 0 Å². The van der Waals surface area contributed by atoms with Gasteiger partial charge in [0.15, 0.2) is 0 Å². The van der Waals surface area contributed by atoms with Crippen molar-refractivity contribution in [2.75, 3.05) is 17.5 Å². The highest BCUT2D eigenvalue weighted by molar-refractivity contribution is 9.10. The molecule has 3 aromatic rings. The Morgan fingerprint density at radius 1 is 0.923 bits per heavy atom. The van der Waals surface area contributed by atoms with Gasteiger partial charge in [-0.05, 0) is 81.8 Å². The first-order chi connectivity index (χ1) is 18.5. The fraction of sp³-hybridized carbons (Fsp3) is 0.310. The summed E-state index contributed by atoms with van der Waals surface area (Å²) in [5.74, 6) is -0.254. The Balaban J connectivity index is 2.02.